The minimum atomic E-state index is -0.791. The van der Waals surface area contributed by atoms with Gasteiger partial charge in [-0.3, -0.25) is 9.59 Å². The van der Waals surface area contributed by atoms with Crippen LogP contribution in [0.15, 0.2) is 0 Å². The van der Waals surface area contributed by atoms with E-state index in [1.54, 1.807) is 0 Å². The van der Waals surface area contributed by atoms with Crippen LogP contribution < -0.4 is 0 Å². The molecule has 1 N–H and O–H groups in total. The molecule has 0 bridgehead atoms. The van der Waals surface area contributed by atoms with Crippen molar-refractivity contribution in [1.82, 2.24) is 0 Å². The van der Waals surface area contributed by atoms with Crippen LogP contribution in [0.1, 0.15) is 59.8 Å². The quantitative estimate of drug-likeness (QED) is 0.796. The highest BCUT2D eigenvalue weighted by atomic mass is 16.5. The van der Waals surface area contributed by atoms with Crippen LogP contribution >= 0.6 is 0 Å². The van der Waals surface area contributed by atoms with Gasteiger partial charge in [-0.05, 0) is 31.1 Å². The molecule has 0 aromatic heterocycles. The van der Waals surface area contributed by atoms with Crippen molar-refractivity contribution in [3.05, 3.63) is 0 Å². The molecule has 3 atom stereocenters. The molecular weight excluding hydrogens is 244 g/mol. The van der Waals surface area contributed by atoms with Gasteiger partial charge in [0.2, 0.25) is 0 Å². The molecule has 0 aromatic rings. The Morgan fingerprint density at radius 1 is 1.26 bits per heavy atom. The van der Waals surface area contributed by atoms with E-state index in [9.17, 15) is 9.59 Å². The molecule has 1 fully saturated rings. The highest BCUT2D eigenvalue weighted by Gasteiger charge is 2.34. The maximum absolute atomic E-state index is 12.2. The third-order valence-electron chi connectivity index (χ3n) is 3.95. The lowest BCUT2D eigenvalue weighted by atomic mass is 9.81. The molecule has 0 radical (unpaired) electrons. The Labute approximate surface area is 115 Å². The Kier molecular flexibility index (Phi) is 5.39. The van der Waals surface area contributed by atoms with Crippen molar-refractivity contribution in [3.63, 3.8) is 0 Å². The van der Waals surface area contributed by atoms with Crippen LogP contribution in [0.3, 0.4) is 0 Å². The zero-order chi connectivity index (χ0) is 14.6. The average molecular weight is 270 g/mol. The summed E-state index contributed by atoms with van der Waals surface area (Å²) in [5, 5.41) is 9.04. The van der Waals surface area contributed by atoms with E-state index in [2.05, 4.69) is 20.8 Å². The van der Waals surface area contributed by atoms with Gasteiger partial charge in [-0.1, -0.05) is 34.1 Å². The highest BCUT2D eigenvalue weighted by Crippen LogP contribution is 2.32. The van der Waals surface area contributed by atoms with Gasteiger partial charge in [0.1, 0.15) is 6.10 Å². The summed E-state index contributed by atoms with van der Waals surface area (Å²) in [6, 6.07) is 0. The van der Waals surface area contributed by atoms with Gasteiger partial charge in [0.05, 0.1) is 11.8 Å². The number of carboxylic acid groups (broad SMARTS) is 1. The molecule has 1 rings (SSSR count). The van der Waals surface area contributed by atoms with Crippen LogP contribution in [0, 0.1) is 17.3 Å². The van der Waals surface area contributed by atoms with E-state index < -0.39 is 5.97 Å². The molecule has 0 spiro atoms. The maximum Gasteiger partial charge on any atom is 0.309 e. The summed E-state index contributed by atoms with van der Waals surface area (Å²) < 4.78 is 5.60. The van der Waals surface area contributed by atoms with Gasteiger partial charge in [-0.25, -0.2) is 0 Å². The number of esters is 1. The van der Waals surface area contributed by atoms with Gasteiger partial charge in [0.25, 0.3) is 0 Å². The Hall–Kier alpha value is -1.06. The van der Waals surface area contributed by atoms with Crippen LogP contribution in [0.25, 0.3) is 0 Å². The predicted octanol–water partition coefficient (Wildman–Crippen LogP) is 3.25. The molecular formula is C15H26O4. The van der Waals surface area contributed by atoms with Crippen molar-refractivity contribution in [2.75, 3.05) is 0 Å². The van der Waals surface area contributed by atoms with Gasteiger partial charge in [0, 0.05) is 0 Å². The predicted molar refractivity (Wildman–Crippen MR) is 72.7 cm³/mol. The minimum absolute atomic E-state index is 0.0781. The Morgan fingerprint density at radius 2 is 1.84 bits per heavy atom. The first-order valence-electron chi connectivity index (χ1n) is 7.19. The van der Waals surface area contributed by atoms with E-state index >= 15 is 0 Å². The van der Waals surface area contributed by atoms with Crippen LogP contribution in [0.5, 0.6) is 0 Å². The van der Waals surface area contributed by atoms with E-state index in [0.717, 1.165) is 19.3 Å². The molecule has 110 valence electrons. The summed E-state index contributed by atoms with van der Waals surface area (Å²) >= 11 is 0. The standard InChI is InChI=1S/C15H26O4/c1-5-12(15(2,3)4)19-14(18)11-8-6-7-10(9-11)13(16)17/h10-12H,5-9H2,1-4H3,(H,16,17). The lowest BCUT2D eigenvalue weighted by Crippen LogP contribution is -2.35. The second kappa shape index (κ2) is 6.40. The molecule has 3 unspecified atom stereocenters. The largest absolute Gasteiger partial charge is 0.481 e. The number of carbonyl (C=O) groups is 2. The summed E-state index contributed by atoms with van der Waals surface area (Å²) in [5.74, 6) is -1.64. The summed E-state index contributed by atoms with van der Waals surface area (Å²) in [4.78, 5) is 23.2. The second-order valence-electron chi connectivity index (χ2n) is 6.60. The zero-order valence-electron chi connectivity index (χ0n) is 12.4. The number of ether oxygens (including phenoxy) is 1. The fraction of sp³-hybridized carbons (Fsp3) is 0.867. The molecule has 0 heterocycles. The molecule has 1 aliphatic rings. The lowest BCUT2D eigenvalue weighted by Gasteiger charge is -2.32. The van der Waals surface area contributed by atoms with Crippen molar-refractivity contribution in [2.45, 2.75) is 65.9 Å². The van der Waals surface area contributed by atoms with E-state index in [4.69, 9.17) is 9.84 Å². The summed E-state index contributed by atoms with van der Waals surface area (Å²) in [6.07, 6.45) is 3.33. The Balaban J connectivity index is 2.60. The molecule has 0 saturated heterocycles. The molecule has 19 heavy (non-hydrogen) atoms. The van der Waals surface area contributed by atoms with Crippen molar-refractivity contribution in [2.24, 2.45) is 17.3 Å². The first-order valence-corrected chi connectivity index (χ1v) is 7.19. The molecule has 4 nitrogen and oxygen atoms in total. The van der Waals surface area contributed by atoms with Crippen LogP contribution in [-0.4, -0.2) is 23.1 Å². The van der Waals surface area contributed by atoms with E-state index in [-0.39, 0.29) is 29.3 Å². The number of carbonyl (C=O) groups excluding carboxylic acids is 1. The van der Waals surface area contributed by atoms with Gasteiger partial charge in [-0.2, -0.15) is 0 Å². The van der Waals surface area contributed by atoms with Crippen LogP contribution in [-0.2, 0) is 14.3 Å². The van der Waals surface area contributed by atoms with Crippen molar-refractivity contribution in [1.29, 1.82) is 0 Å². The molecule has 0 amide bonds. The topological polar surface area (TPSA) is 63.6 Å². The van der Waals surface area contributed by atoms with Gasteiger partial charge >= 0.3 is 11.9 Å². The molecule has 4 heteroatoms. The van der Waals surface area contributed by atoms with E-state index in [1.165, 1.54) is 0 Å². The summed E-state index contributed by atoms with van der Waals surface area (Å²) in [7, 11) is 0. The SMILES string of the molecule is CCC(OC(=O)C1CCCC(C(=O)O)C1)C(C)(C)C. The third-order valence-corrected chi connectivity index (χ3v) is 3.95. The fourth-order valence-electron chi connectivity index (χ4n) is 2.74. The van der Waals surface area contributed by atoms with Crippen molar-refractivity contribution >= 4 is 11.9 Å². The summed E-state index contributed by atoms with van der Waals surface area (Å²) in [6.45, 7) is 8.16. The molecule has 0 aliphatic heterocycles. The second-order valence-corrected chi connectivity index (χ2v) is 6.60. The zero-order valence-corrected chi connectivity index (χ0v) is 12.4. The van der Waals surface area contributed by atoms with Crippen molar-refractivity contribution in [3.8, 4) is 0 Å². The maximum atomic E-state index is 12.2. The number of aliphatic carboxylic acids is 1. The van der Waals surface area contributed by atoms with Crippen LogP contribution in [0.2, 0.25) is 0 Å². The van der Waals surface area contributed by atoms with Gasteiger partial charge < -0.3 is 9.84 Å². The Bertz CT molecular complexity index is 330. The number of carboxylic acids is 1. The van der Waals surface area contributed by atoms with E-state index in [1.807, 2.05) is 6.92 Å². The fourth-order valence-corrected chi connectivity index (χ4v) is 2.74. The monoisotopic (exact) mass is 270 g/mol. The first-order chi connectivity index (χ1) is 8.75. The van der Waals surface area contributed by atoms with Gasteiger partial charge in [-0.15, -0.1) is 0 Å². The summed E-state index contributed by atoms with van der Waals surface area (Å²) in [5.41, 5.74) is -0.0781. The molecule has 1 saturated carbocycles. The molecule has 0 aromatic carbocycles. The third kappa shape index (κ3) is 4.51. The smallest absolute Gasteiger partial charge is 0.309 e. The number of hydrogen-bond donors (Lipinski definition) is 1. The van der Waals surface area contributed by atoms with E-state index in [0.29, 0.717) is 12.8 Å². The Morgan fingerprint density at radius 3 is 2.32 bits per heavy atom. The first kappa shape index (κ1) is 16.0. The lowest BCUT2D eigenvalue weighted by molar-refractivity contribution is -0.162. The van der Waals surface area contributed by atoms with Crippen molar-refractivity contribution < 1.29 is 19.4 Å². The molecule has 1 aliphatic carbocycles. The normalized spacial score (nSPS) is 25.7. The number of hydrogen-bond acceptors (Lipinski definition) is 3. The van der Waals surface area contributed by atoms with Crippen LogP contribution in [0.4, 0.5) is 0 Å². The highest BCUT2D eigenvalue weighted by molar-refractivity contribution is 5.75. The van der Waals surface area contributed by atoms with Gasteiger partial charge in [0.15, 0.2) is 0 Å². The number of rotatable bonds is 4. The average Bonchev–Trinajstić information content (AvgIpc) is 2.34. The minimum Gasteiger partial charge on any atom is -0.481 e.